The van der Waals surface area contributed by atoms with Crippen molar-refractivity contribution in [2.45, 2.75) is 6.92 Å². The van der Waals surface area contributed by atoms with Gasteiger partial charge in [-0.1, -0.05) is 60.7 Å². The van der Waals surface area contributed by atoms with Gasteiger partial charge in [0.15, 0.2) is 5.78 Å². The molecule has 0 amide bonds. The van der Waals surface area contributed by atoms with Gasteiger partial charge in [-0.15, -0.1) is 0 Å². The number of allylic oxidation sites excluding steroid dienone is 1. The van der Waals surface area contributed by atoms with Crippen LogP contribution in [0.2, 0.25) is 0 Å². The third kappa shape index (κ3) is 4.95. The Hall–Kier alpha value is -3.66. The summed E-state index contributed by atoms with van der Waals surface area (Å²) in [7, 11) is 0. The topological polar surface area (TPSA) is 55.4 Å². The van der Waals surface area contributed by atoms with Crippen LogP contribution in [0.1, 0.15) is 27.6 Å². The number of carbonyl (C=O) groups excluding carboxylic acids is 2. The Kier molecular flexibility index (Phi) is 6.37. The molecule has 3 aromatic carbocycles. The van der Waals surface area contributed by atoms with E-state index in [1.54, 1.807) is 31.3 Å². The van der Waals surface area contributed by atoms with E-state index < -0.39 is 0 Å². The summed E-state index contributed by atoms with van der Waals surface area (Å²) >= 11 is 0. The smallest absolute Gasteiger partial charge is 0.338 e. The lowest BCUT2D eigenvalue weighted by Gasteiger charge is -2.05. The minimum atomic E-state index is -0.371. The van der Waals surface area contributed by atoms with Crippen molar-refractivity contribution in [1.82, 2.24) is 0 Å². The van der Waals surface area contributed by atoms with Gasteiger partial charge in [-0.2, -0.15) is 0 Å². The maximum absolute atomic E-state index is 12.3. The molecule has 0 unspecified atom stereocenters. The van der Waals surface area contributed by atoms with E-state index in [0.717, 1.165) is 11.1 Å². The SMILES string of the molecule is CCOC(=O)c1cccc(NC=CC(=O)c2ccc(-c3ccccc3)cc2)c1. The van der Waals surface area contributed by atoms with Crippen LogP contribution in [0.3, 0.4) is 0 Å². The predicted molar refractivity (Wildman–Crippen MR) is 111 cm³/mol. The molecule has 0 saturated heterocycles. The summed E-state index contributed by atoms with van der Waals surface area (Å²) in [6.45, 7) is 2.09. The molecule has 0 radical (unpaired) electrons. The van der Waals surface area contributed by atoms with E-state index in [4.69, 9.17) is 4.74 Å². The lowest BCUT2D eigenvalue weighted by atomic mass is 10.0. The van der Waals surface area contributed by atoms with Crippen molar-refractivity contribution >= 4 is 17.4 Å². The van der Waals surface area contributed by atoms with E-state index >= 15 is 0 Å². The molecule has 28 heavy (non-hydrogen) atoms. The number of esters is 1. The minimum absolute atomic E-state index is 0.103. The molecule has 0 heterocycles. The van der Waals surface area contributed by atoms with Gasteiger partial charge in [0.1, 0.15) is 0 Å². The van der Waals surface area contributed by atoms with Crippen molar-refractivity contribution in [3.05, 3.63) is 102 Å². The third-order valence-corrected chi connectivity index (χ3v) is 4.13. The maximum atomic E-state index is 12.3. The Bertz CT molecular complexity index is 976. The molecule has 4 nitrogen and oxygen atoms in total. The fourth-order valence-corrected chi connectivity index (χ4v) is 2.72. The molecule has 0 aliphatic rings. The lowest BCUT2D eigenvalue weighted by Crippen LogP contribution is -2.04. The first-order chi connectivity index (χ1) is 13.7. The van der Waals surface area contributed by atoms with Crippen LogP contribution in [0, 0.1) is 0 Å². The molecule has 0 bridgehead atoms. The molecule has 3 aromatic rings. The van der Waals surface area contributed by atoms with Crippen molar-refractivity contribution in [3.8, 4) is 11.1 Å². The van der Waals surface area contributed by atoms with E-state index in [-0.39, 0.29) is 11.8 Å². The Morgan fingerprint density at radius 1 is 0.857 bits per heavy atom. The van der Waals surface area contributed by atoms with Gasteiger partial charge >= 0.3 is 5.97 Å². The highest BCUT2D eigenvalue weighted by Gasteiger charge is 2.06. The van der Waals surface area contributed by atoms with Crippen LogP contribution < -0.4 is 5.32 Å². The van der Waals surface area contributed by atoms with Crippen molar-refractivity contribution < 1.29 is 14.3 Å². The summed E-state index contributed by atoms with van der Waals surface area (Å²) in [5.41, 5.74) is 3.95. The summed E-state index contributed by atoms with van der Waals surface area (Å²) in [5.74, 6) is -0.474. The summed E-state index contributed by atoms with van der Waals surface area (Å²) in [5, 5.41) is 3.01. The third-order valence-electron chi connectivity index (χ3n) is 4.13. The van der Waals surface area contributed by atoms with Gasteiger partial charge in [0.05, 0.1) is 12.2 Å². The minimum Gasteiger partial charge on any atom is -0.462 e. The number of benzene rings is 3. The first-order valence-electron chi connectivity index (χ1n) is 9.07. The second-order valence-corrected chi connectivity index (χ2v) is 6.09. The second kappa shape index (κ2) is 9.33. The first-order valence-corrected chi connectivity index (χ1v) is 9.07. The van der Waals surface area contributed by atoms with E-state index in [1.165, 1.54) is 6.08 Å². The van der Waals surface area contributed by atoms with Crippen molar-refractivity contribution in [1.29, 1.82) is 0 Å². The van der Waals surface area contributed by atoms with Crippen LogP contribution in [0.5, 0.6) is 0 Å². The number of ketones is 1. The zero-order chi connectivity index (χ0) is 19.8. The molecular formula is C24H21NO3. The van der Waals surface area contributed by atoms with Crippen LogP contribution in [0.4, 0.5) is 5.69 Å². The van der Waals surface area contributed by atoms with Gasteiger partial charge in [0.25, 0.3) is 0 Å². The number of hydrogen-bond acceptors (Lipinski definition) is 4. The molecule has 0 atom stereocenters. The average molecular weight is 371 g/mol. The average Bonchev–Trinajstić information content (AvgIpc) is 2.75. The molecule has 0 aromatic heterocycles. The van der Waals surface area contributed by atoms with Gasteiger partial charge in [0.2, 0.25) is 0 Å². The normalized spacial score (nSPS) is 10.6. The molecule has 3 rings (SSSR count). The quantitative estimate of drug-likeness (QED) is 0.346. The summed E-state index contributed by atoms with van der Waals surface area (Å²) in [6.07, 6.45) is 3.03. The van der Waals surface area contributed by atoms with Crippen molar-refractivity contribution in [2.75, 3.05) is 11.9 Å². The van der Waals surface area contributed by atoms with Crippen LogP contribution >= 0.6 is 0 Å². The zero-order valence-corrected chi connectivity index (χ0v) is 15.6. The Labute approximate surface area is 164 Å². The summed E-state index contributed by atoms with van der Waals surface area (Å²) in [4.78, 5) is 24.1. The number of hydrogen-bond donors (Lipinski definition) is 1. The molecule has 0 aliphatic heterocycles. The Morgan fingerprint density at radius 2 is 1.57 bits per heavy atom. The van der Waals surface area contributed by atoms with Gasteiger partial charge in [-0.3, -0.25) is 4.79 Å². The molecule has 0 fully saturated rings. The van der Waals surface area contributed by atoms with E-state index in [1.807, 2.05) is 60.7 Å². The number of ether oxygens (including phenoxy) is 1. The second-order valence-electron chi connectivity index (χ2n) is 6.09. The standard InChI is InChI=1S/C24H21NO3/c1-2-28-24(27)21-9-6-10-22(17-21)25-16-15-23(26)20-13-11-19(12-14-20)18-7-4-3-5-8-18/h3-17,25H,2H2,1H3. The maximum Gasteiger partial charge on any atom is 0.338 e. The van der Waals surface area contributed by atoms with Gasteiger partial charge < -0.3 is 10.1 Å². The highest BCUT2D eigenvalue weighted by Crippen LogP contribution is 2.19. The summed E-state index contributed by atoms with van der Waals surface area (Å²) in [6, 6.07) is 24.5. The fraction of sp³-hybridized carbons (Fsp3) is 0.0833. The highest BCUT2D eigenvalue weighted by molar-refractivity contribution is 6.04. The lowest BCUT2D eigenvalue weighted by molar-refractivity contribution is 0.0526. The van der Waals surface area contributed by atoms with Crippen LogP contribution in [0.15, 0.2) is 91.1 Å². The molecule has 0 spiro atoms. The molecule has 1 N–H and O–H groups in total. The number of anilines is 1. The van der Waals surface area contributed by atoms with Crippen LogP contribution in [0.25, 0.3) is 11.1 Å². The van der Waals surface area contributed by atoms with E-state index in [9.17, 15) is 9.59 Å². The van der Waals surface area contributed by atoms with Crippen LogP contribution in [-0.4, -0.2) is 18.4 Å². The molecule has 140 valence electrons. The Balaban J connectivity index is 1.62. The van der Waals surface area contributed by atoms with Crippen molar-refractivity contribution in [3.63, 3.8) is 0 Å². The van der Waals surface area contributed by atoms with E-state index in [2.05, 4.69) is 5.32 Å². The van der Waals surface area contributed by atoms with Gasteiger partial charge in [0, 0.05) is 23.5 Å². The number of carbonyl (C=O) groups is 2. The summed E-state index contributed by atoms with van der Waals surface area (Å²) < 4.78 is 4.99. The molecule has 0 aliphatic carbocycles. The van der Waals surface area contributed by atoms with Crippen molar-refractivity contribution in [2.24, 2.45) is 0 Å². The monoisotopic (exact) mass is 371 g/mol. The zero-order valence-electron chi connectivity index (χ0n) is 15.6. The Morgan fingerprint density at radius 3 is 2.29 bits per heavy atom. The molecule has 0 saturated carbocycles. The first kappa shape index (κ1) is 19.1. The van der Waals surface area contributed by atoms with Gasteiger partial charge in [-0.25, -0.2) is 4.79 Å². The fourth-order valence-electron chi connectivity index (χ4n) is 2.72. The van der Waals surface area contributed by atoms with E-state index in [0.29, 0.717) is 23.4 Å². The van der Waals surface area contributed by atoms with Gasteiger partial charge in [-0.05, 0) is 36.2 Å². The predicted octanol–water partition coefficient (Wildman–Crippen LogP) is 5.34. The number of rotatable bonds is 7. The van der Waals surface area contributed by atoms with Crippen LogP contribution in [-0.2, 0) is 4.74 Å². The number of nitrogens with one attached hydrogen (secondary N) is 1. The largest absolute Gasteiger partial charge is 0.462 e. The highest BCUT2D eigenvalue weighted by atomic mass is 16.5. The molecular weight excluding hydrogens is 350 g/mol. The molecule has 4 heteroatoms.